The van der Waals surface area contributed by atoms with Crippen LogP contribution in [0.3, 0.4) is 0 Å². The molecule has 0 atom stereocenters. The number of hydrogen-bond donors (Lipinski definition) is 0. The minimum atomic E-state index is 0. The van der Waals surface area contributed by atoms with Gasteiger partial charge in [-0.25, -0.2) is 0 Å². The Bertz CT molecular complexity index is 11.6. The molecule has 0 aromatic rings. The van der Waals surface area contributed by atoms with E-state index in [1.807, 2.05) is 0 Å². The molecule has 0 aliphatic rings. The summed E-state index contributed by atoms with van der Waals surface area (Å²) in [4.78, 5) is 0. The van der Waals surface area contributed by atoms with Crippen LogP contribution in [-0.2, 0) is 22.0 Å². The minimum absolute atomic E-state index is 0. The summed E-state index contributed by atoms with van der Waals surface area (Å²) in [6, 6.07) is 0. The summed E-state index contributed by atoms with van der Waals surface area (Å²) < 4.78 is 8.39. The van der Waals surface area contributed by atoms with E-state index in [4.69, 9.17) is 0.938 Å². The maximum absolute atomic E-state index is 8.39. The molecule has 1 radical (unpaired) electrons. The molecule has 0 spiro atoms. The molecule has 0 fully saturated rings. The van der Waals surface area contributed by atoms with E-state index in [0.717, 1.165) is 0 Å². The Morgan fingerprint density at radius 1 is 1.20 bits per heavy atom. The van der Waals surface area contributed by atoms with Crippen molar-refractivity contribution in [2.24, 2.45) is 0 Å². The van der Waals surface area contributed by atoms with Crippen LogP contribution in [0.25, 0.3) is 0 Å². The first-order valence-electron chi connectivity index (χ1n) is 0.204. The molecule has 0 rings (SSSR count). The van der Waals surface area contributed by atoms with Crippen molar-refractivity contribution in [3.63, 3.8) is 0 Å². The molecule has 0 aliphatic carbocycles. The summed E-state index contributed by atoms with van der Waals surface area (Å²) >= 11 is 0.0556. The van der Waals surface area contributed by atoms with Gasteiger partial charge in [-0.15, -0.1) is 0 Å². The molecule has 0 bridgehead atoms. The third-order valence-electron chi connectivity index (χ3n) is 0. The third-order valence-corrected chi connectivity index (χ3v) is 0. The van der Waals surface area contributed by atoms with Gasteiger partial charge in [0.25, 0.3) is 0 Å². The molecule has 5 heavy (non-hydrogen) atoms. The molecule has 5 heteroatoms. The van der Waals surface area contributed by atoms with Gasteiger partial charge in [-0.1, -0.05) is 0 Å². The normalized spacial score (nSPS) is 0.600. The van der Waals surface area contributed by atoms with Gasteiger partial charge in [0.15, 0.2) is 0 Å². The Labute approximate surface area is 134 Å². The van der Waals surface area contributed by atoms with Crippen LogP contribution in [0.2, 0.25) is 0 Å². The van der Waals surface area contributed by atoms with Crippen LogP contribution < -0.4 is 0 Å². The van der Waals surface area contributed by atoms with Crippen LogP contribution >= 0.6 is 0 Å². The fraction of sp³-hybridized carbons (Fsp3) is 0. The zero-order valence-electron chi connectivity index (χ0n) is 2.39. The summed E-state index contributed by atoms with van der Waals surface area (Å²) in [5.41, 5.74) is 0. The molecule has 0 unspecified atom stereocenters. The molecule has 0 aliphatic heterocycles. The molecular formula is CeLaMoNdO. The van der Waals surface area contributed by atoms with Crippen molar-refractivity contribution in [2.75, 3.05) is 0 Å². The van der Waals surface area contributed by atoms with E-state index in [0.29, 0.717) is 0 Å². The molecule has 0 heterocycles. The van der Waals surface area contributed by atoms with Crippen molar-refractivity contribution in [1.82, 2.24) is 0 Å². The van der Waals surface area contributed by atoms with Crippen LogP contribution in [0.4, 0.5) is 0 Å². The molecule has 0 N–H and O–H groups in total. The Hall–Kier alpha value is 4.41. The number of rotatable bonds is 0. The zero-order valence-corrected chi connectivity index (χ0v) is 14.4. The fourth-order valence-corrected chi connectivity index (χ4v) is 0. The Morgan fingerprint density at radius 2 is 1.20 bits per heavy atom. The SMILES string of the molecule is [La].[Mo].[Nd].[O]=[Ce]. The van der Waals surface area contributed by atoms with Gasteiger partial charge >= 0.3 is 40.7 Å². The topological polar surface area (TPSA) is 17.1 Å². The van der Waals surface area contributed by atoms with Crippen LogP contribution in [-0.4, -0.2) is 0 Å². The fourth-order valence-electron chi connectivity index (χ4n) is 0. The van der Waals surface area contributed by atoms with Gasteiger partial charge in [-0.3, -0.25) is 0 Å². The predicted molar refractivity (Wildman–Crippen MR) is 0.686 cm³/mol. The van der Waals surface area contributed by atoms with Gasteiger partial charge < -0.3 is 0 Å². The maximum atomic E-state index is 8.39. The van der Waals surface area contributed by atoms with E-state index < -0.39 is 0 Å². The van der Waals surface area contributed by atoms with E-state index in [1.54, 1.807) is 0 Å². The molecule has 0 amide bonds. The Balaban J connectivity index is -0.00000000167. The Morgan fingerprint density at radius 3 is 1.20 bits per heavy atom. The molecule has 0 aromatic carbocycles. The van der Waals surface area contributed by atoms with Gasteiger partial charge in [0, 0.05) is 97.5 Å². The van der Waals surface area contributed by atoms with Crippen molar-refractivity contribution < 1.29 is 138 Å². The molecule has 0 aromatic heterocycles. The van der Waals surface area contributed by atoms with Crippen LogP contribution in [0.5, 0.6) is 0 Å². The molecule has 0 saturated heterocycles. The average Bonchev–Trinajstić information content (AvgIpc) is 1.00. The van der Waals surface area contributed by atoms with Gasteiger partial charge in [0.05, 0.1) is 0 Å². The van der Waals surface area contributed by atoms with Crippen LogP contribution in [0.15, 0.2) is 0 Å². The summed E-state index contributed by atoms with van der Waals surface area (Å²) in [6.07, 6.45) is 0. The average molecular weight is 535 g/mol. The number of hydrogen-bond acceptors (Lipinski definition) is 1. The Kier molecular flexibility index (Phi) is 108. The van der Waals surface area contributed by atoms with Crippen LogP contribution in [0, 0.1) is 116 Å². The van der Waals surface area contributed by atoms with Crippen molar-refractivity contribution in [3.8, 4) is 0 Å². The second-order valence-corrected chi connectivity index (χ2v) is 0. The second-order valence-electron chi connectivity index (χ2n) is 0. The third kappa shape index (κ3) is 17.8. The standard InChI is InChI=1S/Ce.La.Mo.Nd.O. The predicted octanol–water partition coefficient (Wildman–Crippen LogP) is -0.121. The first-order valence-corrected chi connectivity index (χ1v) is 1.49. The first kappa shape index (κ1) is 22.7. The first-order chi connectivity index (χ1) is 1.00. The quantitative estimate of drug-likeness (QED) is 0.396. The molecule has 23 valence electrons. The molecule has 1 nitrogen and oxygen atoms in total. The van der Waals surface area contributed by atoms with Crippen LogP contribution in [0.1, 0.15) is 0 Å². The van der Waals surface area contributed by atoms with Crippen molar-refractivity contribution in [2.45, 2.75) is 0 Å². The van der Waals surface area contributed by atoms with Gasteiger partial charge in [-0.05, 0) is 0 Å². The van der Waals surface area contributed by atoms with Crippen molar-refractivity contribution >= 4 is 0 Å². The zero-order chi connectivity index (χ0) is 2.00. The van der Waals surface area contributed by atoms with Crippen molar-refractivity contribution in [3.05, 3.63) is 0 Å². The molecule has 0 saturated carbocycles. The van der Waals surface area contributed by atoms with Crippen molar-refractivity contribution in [1.29, 1.82) is 0 Å². The van der Waals surface area contributed by atoms with E-state index in [-0.39, 0.29) is 137 Å². The summed E-state index contributed by atoms with van der Waals surface area (Å²) in [5, 5.41) is 0. The van der Waals surface area contributed by atoms with E-state index in [2.05, 4.69) is 0 Å². The summed E-state index contributed by atoms with van der Waals surface area (Å²) in [7, 11) is 0. The van der Waals surface area contributed by atoms with Gasteiger partial charge in [-0.2, -0.15) is 0 Å². The van der Waals surface area contributed by atoms with E-state index in [9.17, 15) is 0 Å². The summed E-state index contributed by atoms with van der Waals surface area (Å²) in [5.74, 6) is 0. The van der Waals surface area contributed by atoms with Gasteiger partial charge in [0.1, 0.15) is 0 Å². The molecular weight excluding hydrogens is 535 g/mol. The summed E-state index contributed by atoms with van der Waals surface area (Å²) in [6.45, 7) is 0. The monoisotopic (exact) mass is 535 g/mol. The van der Waals surface area contributed by atoms with E-state index in [1.165, 1.54) is 0 Å². The second kappa shape index (κ2) is 23.7. The van der Waals surface area contributed by atoms with Gasteiger partial charge in [0.2, 0.25) is 0 Å². The van der Waals surface area contributed by atoms with E-state index >= 15 is 0 Å².